The van der Waals surface area contributed by atoms with Crippen molar-refractivity contribution in [1.82, 2.24) is 4.90 Å². The predicted octanol–water partition coefficient (Wildman–Crippen LogP) is 3.33. The Morgan fingerprint density at radius 1 is 1.07 bits per heavy atom. The average Bonchev–Trinajstić information content (AvgIpc) is 3.03. The number of hydrogen-bond donors (Lipinski definition) is 2. The minimum absolute atomic E-state index is 0.161. The highest BCUT2D eigenvalue weighted by Crippen LogP contribution is 2.24. The largest absolute Gasteiger partial charge is 0.338 e. The van der Waals surface area contributed by atoms with Gasteiger partial charge in [-0.1, -0.05) is 18.2 Å². The van der Waals surface area contributed by atoms with E-state index in [2.05, 4.69) is 10.6 Å². The van der Waals surface area contributed by atoms with Gasteiger partial charge in [-0.15, -0.1) is 0 Å². The van der Waals surface area contributed by atoms with Crippen LogP contribution >= 0.6 is 0 Å². The third kappa shape index (κ3) is 4.53. The summed E-state index contributed by atoms with van der Waals surface area (Å²) < 4.78 is 0. The summed E-state index contributed by atoms with van der Waals surface area (Å²) in [6.45, 7) is 4.58. The second kappa shape index (κ2) is 8.03. The molecular weight excluding hydrogens is 342 g/mol. The van der Waals surface area contributed by atoms with Gasteiger partial charge in [0.2, 0.25) is 11.8 Å². The molecule has 0 radical (unpaired) electrons. The Morgan fingerprint density at radius 3 is 2.44 bits per heavy atom. The van der Waals surface area contributed by atoms with Crippen LogP contribution in [0.25, 0.3) is 0 Å². The first-order valence-electron chi connectivity index (χ1n) is 8.99. The quantitative estimate of drug-likeness (QED) is 0.853. The molecule has 27 heavy (non-hydrogen) atoms. The van der Waals surface area contributed by atoms with E-state index >= 15 is 0 Å². The van der Waals surface area contributed by atoms with E-state index in [1.807, 2.05) is 30.0 Å². The van der Waals surface area contributed by atoms with Gasteiger partial charge in [-0.3, -0.25) is 14.4 Å². The van der Waals surface area contributed by atoms with Gasteiger partial charge < -0.3 is 15.5 Å². The molecule has 1 saturated heterocycles. The number of hydrogen-bond acceptors (Lipinski definition) is 3. The van der Waals surface area contributed by atoms with Crippen LogP contribution in [0, 0.1) is 6.92 Å². The molecule has 0 saturated carbocycles. The average molecular weight is 365 g/mol. The van der Waals surface area contributed by atoms with Crippen molar-refractivity contribution in [3.63, 3.8) is 0 Å². The fraction of sp³-hybridized carbons (Fsp3) is 0.286. The molecule has 2 aromatic carbocycles. The maximum absolute atomic E-state index is 12.7. The summed E-state index contributed by atoms with van der Waals surface area (Å²) in [5, 5.41) is 5.65. The van der Waals surface area contributed by atoms with Crippen molar-refractivity contribution in [1.29, 1.82) is 0 Å². The standard InChI is InChI=1S/C21H23N3O3/c1-14-18(22-15(2)25)8-4-9-19(14)23-21(27)17-7-3-6-16(12-17)13-24-11-5-10-20(24)26/h3-4,6-9,12H,5,10-11,13H2,1-2H3,(H,22,25)(H,23,27). The third-order valence-corrected chi connectivity index (χ3v) is 4.63. The SMILES string of the molecule is CC(=O)Nc1cccc(NC(=O)c2cccc(CN3CCCC3=O)c2)c1C. The molecule has 1 heterocycles. The van der Waals surface area contributed by atoms with Crippen LogP contribution in [-0.4, -0.2) is 29.2 Å². The number of rotatable bonds is 5. The summed E-state index contributed by atoms with van der Waals surface area (Å²) in [6, 6.07) is 12.7. The number of nitrogens with one attached hydrogen (secondary N) is 2. The number of likely N-dealkylation sites (tertiary alicyclic amines) is 1. The monoisotopic (exact) mass is 365 g/mol. The zero-order valence-electron chi connectivity index (χ0n) is 15.5. The Kier molecular flexibility index (Phi) is 5.54. The molecule has 0 bridgehead atoms. The molecule has 6 heteroatoms. The molecular formula is C21H23N3O3. The molecule has 0 aliphatic carbocycles. The van der Waals surface area contributed by atoms with Gasteiger partial charge in [-0.2, -0.15) is 0 Å². The summed E-state index contributed by atoms with van der Waals surface area (Å²) >= 11 is 0. The molecule has 0 aromatic heterocycles. The van der Waals surface area contributed by atoms with E-state index in [9.17, 15) is 14.4 Å². The molecule has 0 spiro atoms. The lowest BCUT2D eigenvalue weighted by Crippen LogP contribution is -2.24. The first-order valence-corrected chi connectivity index (χ1v) is 8.99. The summed E-state index contributed by atoms with van der Waals surface area (Å²) in [6.07, 6.45) is 1.49. The highest BCUT2D eigenvalue weighted by atomic mass is 16.2. The van der Waals surface area contributed by atoms with E-state index in [0.717, 1.165) is 24.1 Å². The summed E-state index contributed by atoms with van der Waals surface area (Å²) in [7, 11) is 0. The highest BCUT2D eigenvalue weighted by molar-refractivity contribution is 6.05. The third-order valence-electron chi connectivity index (χ3n) is 4.63. The van der Waals surface area contributed by atoms with Gasteiger partial charge in [0.15, 0.2) is 0 Å². The zero-order valence-corrected chi connectivity index (χ0v) is 15.5. The van der Waals surface area contributed by atoms with E-state index in [1.165, 1.54) is 6.92 Å². The van der Waals surface area contributed by atoms with Crippen LogP contribution in [0.1, 0.15) is 41.3 Å². The minimum atomic E-state index is -0.229. The Morgan fingerprint density at radius 2 is 1.78 bits per heavy atom. The fourth-order valence-electron chi connectivity index (χ4n) is 3.19. The summed E-state index contributed by atoms with van der Waals surface area (Å²) in [5.74, 6) is -0.228. The minimum Gasteiger partial charge on any atom is -0.338 e. The first kappa shape index (κ1) is 18.6. The van der Waals surface area contributed by atoms with Gasteiger partial charge >= 0.3 is 0 Å². The van der Waals surface area contributed by atoms with Gasteiger partial charge in [-0.25, -0.2) is 0 Å². The van der Waals surface area contributed by atoms with E-state index in [-0.39, 0.29) is 17.7 Å². The van der Waals surface area contributed by atoms with Gasteiger partial charge in [0.25, 0.3) is 5.91 Å². The van der Waals surface area contributed by atoms with E-state index in [4.69, 9.17) is 0 Å². The van der Waals surface area contributed by atoms with Crippen LogP contribution in [0.4, 0.5) is 11.4 Å². The van der Waals surface area contributed by atoms with Crippen molar-refractivity contribution in [2.75, 3.05) is 17.2 Å². The van der Waals surface area contributed by atoms with Gasteiger partial charge in [0.1, 0.15) is 0 Å². The molecule has 3 amide bonds. The Bertz CT molecular complexity index is 892. The van der Waals surface area contributed by atoms with Crippen molar-refractivity contribution >= 4 is 29.1 Å². The zero-order chi connectivity index (χ0) is 19.4. The highest BCUT2D eigenvalue weighted by Gasteiger charge is 2.20. The summed E-state index contributed by atoms with van der Waals surface area (Å²) in [4.78, 5) is 37.6. The molecule has 140 valence electrons. The number of carbonyl (C=O) groups is 3. The molecule has 1 aliphatic heterocycles. The number of amides is 3. The Labute approximate surface area is 158 Å². The van der Waals surface area contributed by atoms with Crippen molar-refractivity contribution < 1.29 is 14.4 Å². The van der Waals surface area contributed by atoms with Crippen LogP contribution in [0.15, 0.2) is 42.5 Å². The fourth-order valence-corrected chi connectivity index (χ4v) is 3.19. The van der Waals surface area contributed by atoms with Crippen LogP contribution in [-0.2, 0) is 16.1 Å². The van der Waals surface area contributed by atoms with Gasteiger partial charge in [0.05, 0.1) is 0 Å². The van der Waals surface area contributed by atoms with E-state index < -0.39 is 0 Å². The lowest BCUT2D eigenvalue weighted by Gasteiger charge is -2.16. The normalized spacial score (nSPS) is 13.6. The van der Waals surface area contributed by atoms with Crippen molar-refractivity contribution in [2.24, 2.45) is 0 Å². The smallest absolute Gasteiger partial charge is 0.255 e. The molecule has 1 fully saturated rings. The van der Waals surface area contributed by atoms with Crippen molar-refractivity contribution in [3.05, 3.63) is 59.2 Å². The maximum atomic E-state index is 12.7. The lowest BCUT2D eigenvalue weighted by atomic mass is 10.1. The maximum Gasteiger partial charge on any atom is 0.255 e. The molecule has 6 nitrogen and oxygen atoms in total. The number of nitrogens with zero attached hydrogens (tertiary/aromatic N) is 1. The molecule has 2 aromatic rings. The van der Waals surface area contributed by atoms with Gasteiger partial charge in [0, 0.05) is 43.4 Å². The second-order valence-electron chi connectivity index (χ2n) is 6.73. The first-order chi connectivity index (χ1) is 12.9. The number of benzene rings is 2. The summed E-state index contributed by atoms with van der Waals surface area (Å²) in [5.41, 5.74) is 3.57. The van der Waals surface area contributed by atoms with Crippen LogP contribution in [0.5, 0.6) is 0 Å². The Balaban J connectivity index is 1.74. The molecule has 1 aliphatic rings. The topological polar surface area (TPSA) is 78.5 Å². The number of anilines is 2. The molecule has 0 unspecified atom stereocenters. The van der Waals surface area contributed by atoms with E-state index in [0.29, 0.717) is 29.9 Å². The van der Waals surface area contributed by atoms with Crippen LogP contribution in [0.3, 0.4) is 0 Å². The lowest BCUT2D eigenvalue weighted by molar-refractivity contribution is -0.128. The molecule has 2 N–H and O–H groups in total. The number of carbonyl (C=O) groups excluding carboxylic acids is 3. The van der Waals surface area contributed by atoms with Crippen molar-refractivity contribution in [3.8, 4) is 0 Å². The van der Waals surface area contributed by atoms with Gasteiger partial charge in [-0.05, 0) is 48.7 Å². The van der Waals surface area contributed by atoms with Crippen molar-refractivity contribution in [2.45, 2.75) is 33.2 Å². The van der Waals surface area contributed by atoms with Crippen LogP contribution in [0.2, 0.25) is 0 Å². The Hall–Kier alpha value is -3.15. The second-order valence-corrected chi connectivity index (χ2v) is 6.73. The molecule has 3 rings (SSSR count). The van der Waals surface area contributed by atoms with E-state index in [1.54, 1.807) is 24.3 Å². The van der Waals surface area contributed by atoms with Crippen LogP contribution < -0.4 is 10.6 Å². The predicted molar refractivity (Wildman–Crippen MR) is 105 cm³/mol. The molecule has 0 atom stereocenters.